The summed E-state index contributed by atoms with van der Waals surface area (Å²) in [7, 11) is 0. The van der Waals surface area contributed by atoms with Crippen LogP contribution in [0.3, 0.4) is 0 Å². The van der Waals surface area contributed by atoms with E-state index in [9.17, 15) is 4.79 Å². The number of hydrogen-bond acceptors (Lipinski definition) is 4. The summed E-state index contributed by atoms with van der Waals surface area (Å²) in [6.45, 7) is 4.66. The molecule has 0 saturated heterocycles. The molecule has 0 aliphatic heterocycles. The first-order valence-corrected chi connectivity index (χ1v) is 6.78. The summed E-state index contributed by atoms with van der Waals surface area (Å²) in [5, 5.41) is 3.24. The Bertz CT molecular complexity index is 624. The zero-order valence-electron chi connectivity index (χ0n) is 10.8. The molecular formula is C13H15BrN4O. The van der Waals surface area contributed by atoms with Crippen LogP contribution in [0, 0.1) is 0 Å². The van der Waals surface area contributed by atoms with E-state index in [0.717, 1.165) is 10.0 Å². The largest absolute Gasteiger partial charge is 0.309 e. The molecule has 2 heterocycles. The molecule has 2 aromatic rings. The fraction of sp³-hybridized carbons (Fsp3) is 0.308. The fourth-order valence-corrected chi connectivity index (χ4v) is 1.95. The van der Waals surface area contributed by atoms with Gasteiger partial charge in [-0.2, -0.15) is 0 Å². The molecule has 0 unspecified atom stereocenters. The molecule has 0 amide bonds. The van der Waals surface area contributed by atoms with E-state index in [4.69, 9.17) is 0 Å². The van der Waals surface area contributed by atoms with Crippen molar-refractivity contribution in [3.8, 4) is 11.4 Å². The van der Waals surface area contributed by atoms with Gasteiger partial charge in [0.2, 0.25) is 0 Å². The average molecular weight is 323 g/mol. The quantitative estimate of drug-likeness (QED) is 0.904. The van der Waals surface area contributed by atoms with Crippen molar-refractivity contribution in [2.24, 2.45) is 0 Å². The average Bonchev–Trinajstić information content (AvgIpc) is 2.36. The Morgan fingerprint density at radius 3 is 2.84 bits per heavy atom. The maximum Gasteiger partial charge on any atom is 0.251 e. The van der Waals surface area contributed by atoms with Crippen LogP contribution in [-0.4, -0.2) is 21.0 Å². The van der Waals surface area contributed by atoms with Crippen molar-refractivity contribution in [2.45, 2.75) is 26.4 Å². The molecule has 0 saturated carbocycles. The number of rotatable bonds is 4. The molecule has 5 nitrogen and oxygen atoms in total. The highest BCUT2D eigenvalue weighted by Gasteiger charge is 2.05. The van der Waals surface area contributed by atoms with Gasteiger partial charge in [0, 0.05) is 41.1 Å². The predicted octanol–water partition coefficient (Wildman–Crippen LogP) is 2.09. The predicted molar refractivity (Wildman–Crippen MR) is 77.8 cm³/mol. The third-order valence-electron chi connectivity index (χ3n) is 2.46. The number of aromatic amines is 1. The van der Waals surface area contributed by atoms with Crippen LogP contribution in [0.15, 0.2) is 33.8 Å². The molecule has 19 heavy (non-hydrogen) atoms. The lowest BCUT2D eigenvalue weighted by Crippen LogP contribution is -2.24. The van der Waals surface area contributed by atoms with E-state index in [1.165, 1.54) is 6.07 Å². The third-order valence-corrected chi connectivity index (χ3v) is 2.90. The van der Waals surface area contributed by atoms with E-state index in [-0.39, 0.29) is 5.56 Å². The normalized spacial score (nSPS) is 10.9. The van der Waals surface area contributed by atoms with Crippen LogP contribution in [-0.2, 0) is 6.54 Å². The number of hydrogen-bond donors (Lipinski definition) is 2. The molecule has 0 bridgehead atoms. The lowest BCUT2D eigenvalue weighted by molar-refractivity contribution is 0.580. The van der Waals surface area contributed by atoms with Crippen molar-refractivity contribution in [2.75, 3.05) is 0 Å². The summed E-state index contributed by atoms with van der Waals surface area (Å²) in [4.78, 5) is 22.9. The summed E-state index contributed by atoms with van der Waals surface area (Å²) in [5.41, 5.74) is 1.33. The zero-order chi connectivity index (χ0) is 13.8. The van der Waals surface area contributed by atoms with Gasteiger partial charge >= 0.3 is 0 Å². The number of nitrogens with one attached hydrogen (secondary N) is 2. The SMILES string of the molecule is CC(C)NCc1cc(=O)[nH]c(-c2cncc(Br)c2)n1. The van der Waals surface area contributed by atoms with Gasteiger partial charge in [0.05, 0.1) is 5.69 Å². The van der Waals surface area contributed by atoms with E-state index < -0.39 is 0 Å². The van der Waals surface area contributed by atoms with Crippen molar-refractivity contribution in [3.63, 3.8) is 0 Å². The van der Waals surface area contributed by atoms with Crippen molar-refractivity contribution >= 4 is 15.9 Å². The van der Waals surface area contributed by atoms with Crippen LogP contribution in [0.1, 0.15) is 19.5 Å². The van der Waals surface area contributed by atoms with Crippen molar-refractivity contribution in [1.82, 2.24) is 20.3 Å². The molecule has 0 spiro atoms. The highest BCUT2D eigenvalue weighted by molar-refractivity contribution is 9.10. The van der Waals surface area contributed by atoms with Crippen LogP contribution in [0.4, 0.5) is 0 Å². The summed E-state index contributed by atoms with van der Waals surface area (Å²) in [5.74, 6) is 0.529. The second-order valence-electron chi connectivity index (χ2n) is 4.51. The van der Waals surface area contributed by atoms with Gasteiger partial charge in [-0.15, -0.1) is 0 Å². The van der Waals surface area contributed by atoms with E-state index >= 15 is 0 Å². The number of H-pyrrole nitrogens is 1. The van der Waals surface area contributed by atoms with Crippen LogP contribution in [0.5, 0.6) is 0 Å². The molecule has 2 N–H and O–H groups in total. The van der Waals surface area contributed by atoms with Gasteiger partial charge in [0.1, 0.15) is 5.82 Å². The van der Waals surface area contributed by atoms with Gasteiger partial charge in [-0.1, -0.05) is 13.8 Å². The molecule has 6 heteroatoms. The first-order chi connectivity index (χ1) is 9.04. The molecule has 100 valence electrons. The topological polar surface area (TPSA) is 70.7 Å². The van der Waals surface area contributed by atoms with Gasteiger partial charge in [0.25, 0.3) is 5.56 Å². The molecule has 0 aliphatic rings. The molecular weight excluding hydrogens is 308 g/mol. The Morgan fingerprint density at radius 1 is 1.37 bits per heavy atom. The minimum Gasteiger partial charge on any atom is -0.309 e. The molecule has 2 aromatic heterocycles. The Balaban J connectivity index is 2.33. The van der Waals surface area contributed by atoms with Gasteiger partial charge in [-0.3, -0.25) is 9.78 Å². The number of aromatic nitrogens is 3. The Hall–Kier alpha value is -1.53. The molecule has 0 fully saturated rings. The Labute approximate surface area is 119 Å². The van der Waals surface area contributed by atoms with Crippen LogP contribution >= 0.6 is 15.9 Å². The first kappa shape index (κ1) is 13.9. The standard InChI is InChI=1S/C13H15BrN4O/c1-8(2)16-7-11-4-12(19)18-13(17-11)9-3-10(14)6-15-5-9/h3-6,8,16H,7H2,1-2H3,(H,17,18,19). The highest BCUT2D eigenvalue weighted by atomic mass is 79.9. The summed E-state index contributed by atoms with van der Waals surface area (Å²) in [6, 6.07) is 3.71. The monoisotopic (exact) mass is 322 g/mol. The lowest BCUT2D eigenvalue weighted by atomic mass is 10.2. The van der Waals surface area contributed by atoms with Crippen LogP contribution in [0.25, 0.3) is 11.4 Å². The smallest absolute Gasteiger partial charge is 0.251 e. The van der Waals surface area contributed by atoms with Crippen LogP contribution < -0.4 is 10.9 Å². The maximum absolute atomic E-state index is 11.7. The van der Waals surface area contributed by atoms with Gasteiger partial charge in [-0.25, -0.2) is 4.98 Å². The number of nitrogens with zero attached hydrogens (tertiary/aromatic N) is 2. The number of halogens is 1. The van der Waals surface area contributed by atoms with E-state index in [1.54, 1.807) is 12.4 Å². The van der Waals surface area contributed by atoms with E-state index in [0.29, 0.717) is 24.1 Å². The Kier molecular flexibility index (Phi) is 4.44. The van der Waals surface area contributed by atoms with Gasteiger partial charge in [-0.05, 0) is 22.0 Å². The summed E-state index contributed by atoms with van der Waals surface area (Å²) in [6.07, 6.45) is 3.36. The highest BCUT2D eigenvalue weighted by Crippen LogP contribution is 2.17. The fourth-order valence-electron chi connectivity index (χ4n) is 1.59. The minimum absolute atomic E-state index is 0.162. The van der Waals surface area contributed by atoms with Gasteiger partial charge < -0.3 is 10.3 Å². The second-order valence-corrected chi connectivity index (χ2v) is 5.43. The summed E-state index contributed by atoms with van der Waals surface area (Å²) >= 11 is 3.35. The van der Waals surface area contributed by atoms with E-state index in [2.05, 4.69) is 36.2 Å². The molecule has 2 rings (SSSR count). The third kappa shape index (κ3) is 3.97. The van der Waals surface area contributed by atoms with Crippen LogP contribution in [0.2, 0.25) is 0 Å². The van der Waals surface area contributed by atoms with Crippen molar-refractivity contribution < 1.29 is 0 Å². The number of pyridine rings is 1. The van der Waals surface area contributed by atoms with Crippen molar-refractivity contribution in [1.29, 1.82) is 0 Å². The van der Waals surface area contributed by atoms with Crippen molar-refractivity contribution in [3.05, 3.63) is 45.0 Å². The molecule has 0 atom stereocenters. The van der Waals surface area contributed by atoms with E-state index in [1.807, 2.05) is 19.9 Å². The second kappa shape index (κ2) is 6.08. The summed E-state index contributed by atoms with van der Waals surface area (Å²) < 4.78 is 0.846. The zero-order valence-corrected chi connectivity index (χ0v) is 12.4. The van der Waals surface area contributed by atoms with Gasteiger partial charge in [0.15, 0.2) is 0 Å². The lowest BCUT2D eigenvalue weighted by Gasteiger charge is -2.08. The minimum atomic E-state index is -0.162. The Morgan fingerprint density at radius 2 is 2.16 bits per heavy atom. The first-order valence-electron chi connectivity index (χ1n) is 5.99. The molecule has 0 radical (unpaired) electrons. The molecule has 0 aliphatic carbocycles. The molecule has 0 aromatic carbocycles. The maximum atomic E-state index is 11.7.